The van der Waals surface area contributed by atoms with Crippen LogP contribution in [0.1, 0.15) is 40.5 Å². The standard InChI is InChI=1S/C18H21N5O2/c19-6-5-13-11-20-15-4-3-12(9-14(13)15)10-16-21-17(22-25-16)18(24)23-7-1-2-8-23/h3-4,9,11,20H,1-2,5-8,10,19H2. The molecule has 1 aromatic carbocycles. The number of fused-ring (bicyclic) bond motifs is 1. The second-order valence-electron chi connectivity index (χ2n) is 6.42. The largest absolute Gasteiger partial charge is 0.361 e. The highest BCUT2D eigenvalue weighted by atomic mass is 16.5. The van der Waals surface area contributed by atoms with Gasteiger partial charge in [0.25, 0.3) is 11.7 Å². The number of carbonyl (C=O) groups is 1. The van der Waals surface area contributed by atoms with Crippen LogP contribution in [0.15, 0.2) is 28.9 Å². The minimum atomic E-state index is -0.140. The average molecular weight is 339 g/mol. The molecule has 0 aliphatic carbocycles. The first-order valence-corrected chi connectivity index (χ1v) is 8.65. The number of H-pyrrole nitrogens is 1. The summed E-state index contributed by atoms with van der Waals surface area (Å²) in [6.45, 7) is 2.16. The van der Waals surface area contributed by atoms with Crippen molar-refractivity contribution in [2.75, 3.05) is 19.6 Å². The van der Waals surface area contributed by atoms with Crippen LogP contribution in [0.5, 0.6) is 0 Å². The van der Waals surface area contributed by atoms with E-state index in [1.165, 1.54) is 5.56 Å². The molecule has 25 heavy (non-hydrogen) atoms. The van der Waals surface area contributed by atoms with Gasteiger partial charge in [-0.05, 0) is 49.1 Å². The monoisotopic (exact) mass is 339 g/mol. The number of likely N-dealkylation sites (tertiary alicyclic amines) is 1. The Morgan fingerprint density at radius 2 is 2.16 bits per heavy atom. The van der Waals surface area contributed by atoms with E-state index in [1.54, 1.807) is 4.90 Å². The van der Waals surface area contributed by atoms with Crippen molar-refractivity contribution in [3.8, 4) is 0 Å². The highest BCUT2D eigenvalue weighted by molar-refractivity contribution is 5.90. The second kappa shape index (κ2) is 6.68. The summed E-state index contributed by atoms with van der Waals surface area (Å²) in [6.07, 6.45) is 5.42. The number of carbonyl (C=O) groups excluding carboxylic acids is 1. The Balaban J connectivity index is 1.53. The molecule has 0 bridgehead atoms. The van der Waals surface area contributed by atoms with Crippen molar-refractivity contribution >= 4 is 16.8 Å². The predicted molar refractivity (Wildman–Crippen MR) is 93.3 cm³/mol. The maximum atomic E-state index is 12.3. The molecule has 7 heteroatoms. The van der Waals surface area contributed by atoms with Gasteiger partial charge in [-0.25, -0.2) is 0 Å². The summed E-state index contributed by atoms with van der Waals surface area (Å²) < 4.78 is 5.28. The Labute approximate surface area is 145 Å². The van der Waals surface area contributed by atoms with Crippen LogP contribution in [0.3, 0.4) is 0 Å². The Bertz CT molecular complexity index is 892. The number of nitrogens with two attached hydrogens (primary N) is 1. The second-order valence-corrected chi connectivity index (χ2v) is 6.42. The van der Waals surface area contributed by atoms with Gasteiger partial charge in [0.05, 0.1) is 6.42 Å². The summed E-state index contributed by atoms with van der Waals surface area (Å²) in [4.78, 5) is 21.6. The maximum Gasteiger partial charge on any atom is 0.295 e. The molecule has 0 saturated carbocycles. The molecule has 3 aromatic rings. The molecule has 1 fully saturated rings. The van der Waals surface area contributed by atoms with E-state index in [4.69, 9.17) is 10.3 Å². The fourth-order valence-corrected chi connectivity index (χ4v) is 3.35. The summed E-state index contributed by atoms with van der Waals surface area (Å²) in [5.74, 6) is 0.472. The third-order valence-electron chi connectivity index (χ3n) is 4.65. The molecule has 130 valence electrons. The summed E-state index contributed by atoms with van der Waals surface area (Å²) >= 11 is 0. The van der Waals surface area contributed by atoms with Gasteiger partial charge in [0.15, 0.2) is 0 Å². The molecule has 4 rings (SSSR count). The number of aromatic nitrogens is 3. The van der Waals surface area contributed by atoms with Gasteiger partial charge in [-0.3, -0.25) is 4.79 Å². The number of nitrogens with zero attached hydrogens (tertiary/aromatic N) is 3. The van der Waals surface area contributed by atoms with E-state index in [9.17, 15) is 4.79 Å². The van der Waals surface area contributed by atoms with Gasteiger partial charge in [0, 0.05) is 30.2 Å². The first kappa shape index (κ1) is 15.8. The number of hydrogen-bond donors (Lipinski definition) is 2. The van der Waals surface area contributed by atoms with E-state index in [0.29, 0.717) is 18.9 Å². The molecule has 3 N–H and O–H groups in total. The Morgan fingerprint density at radius 3 is 2.96 bits per heavy atom. The minimum absolute atomic E-state index is 0.140. The predicted octanol–water partition coefficient (Wildman–Crippen LogP) is 1.88. The molecule has 0 radical (unpaired) electrons. The molecule has 1 amide bonds. The van der Waals surface area contributed by atoms with Crippen molar-refractivity contribution in [2.24, 2.45) is 5.73 Å². The van der Waals surface area contributed by atoms with Gasteiger partial charge in [0.1, 0.15) is 0 Å². The third kappa shape index (κ3) is 3.15. The lowest BCUT2D eigenvalue weighted by Gasteiger charge is -2.11. The Morgan fingerprint density at radius 1 is 1.32 bits per heavy atom. The van der Waals surface area contributed by atoms with E-state index < -0.39 is 0 Å². The molecule has 1 aliphatic rings. The SMILES string of the molecule is NCCc1c[nH]c2ccc(Cc3nc(C(=O)N4CCCC4)no3)cc12. The van der Waals surface area contributed by atoms with Crippen molar-refractivity contribution in [1.82, 2.24) is 20.0 Å². The van der Waals surface area contributed by atoms with E-state index in [2.05, 4.69) is 21.2 Å². The number of aromatic amines is 1. The fourth-order valence-electron chi connectivity index (χ4n) is 3.35. The van der Waals surface area contributed by atoms with E-state index in [-0.39, 0.29) is 11.7 Å². The number of rotatable bonds is 5. The summed E-state index contributed by atoms with van der Waals surface area (Å²) in [7, 11) is 0. The Hall–Kier alpha value is -2.67. The van der Waals surface area contributed by atoms with Crippen LogP contribution in [0.4, 0.5) is 0 Å². The van der Waals surface area contributed by atoms with Crippen molar-refractivity contribution < 1.29 is 9.32 Å². The summed E-state index contributed by atoms with van der Waals surface area (Å²) in [6, 6.07) is 6.18. The van der Waals surface area contributed by atoms with E-state index in [1.807, 2.05) is 18.3 Å². The van der Waals surface area contributed by atoms with Crippen LogP contribution < -0.4 is 5.73 Å². The lowest BCUT2D eigenvalue weighted by Crippen LogP contribution is -2.28. The molecule has 1 aliphatic heterocycles. The zero-order valence-electron chi connectivity index (χ0n) is 14.0. The van der Waals surface area contributed by atoms with Crippen LogP contribution in [0.25, 0.3) is 10.9 Å². The highest BCUT2D eigenvalue weighted by Crippen LogP contribution is 2.21. The lowest BCUT2D eigenvalue weighted by molar-refractivity contribution is 0.0777. The number of benzene rings is 1. The number of amides is 1. The van der Waals surface area contributed by atoms with Gasteiger partial charge >= 0.3 is 0 Å². The van der Waals surface area contributed by atoms with E-state index in [0.717, 1.165) is 48.8 Å². The maximum absolute atomic E-state index is 12.3. The van der Waals surface area contributed by atoms with Crippen LogP contribution in [-0.2, 0) is 12.8 Å². The lowest BCUT2D eigenvalue weighted by atomic mass is 10.1. The summed E-state index contributed by atoms with van der Waals surface area (Å²) in [5, 5.41) is 5.02. The van der Waals surface area contributed by atoms with Gasteiger partial charge < -0.3 is 20.1 Å². The van der Waals surface area contributed by atoms with Gasteiger partial charge in [0.2, 0.25) is 5.89 Å². The summed E-state index contributed by atoms with van der Waals surface area (Å²) in [5.41, 5.74) is 9.03. The van der Waals surface area contributed by atoms with E-state index >= 15 is 0 Å². The quantitative estimate of drug-likeness (QED) is 0.739. The minimum Gasteiger partial charge on any atom is -0.361 e. The molecule has 0 unspecified atom stereocenters. The van der Waals surface area contributed by atoms with Crippen LogP contribution in [0, 0.1) is 0 Å². The van der Waals surface area contributed by atoms with Crippen molar-refractivity contribution in [3.05, 3.63) is 47.2 Å². The molecule has 7 nitrogen and oxygen atoms in total. The van der Waals surface area contributed by atoms with Crippen molar-refractivity contribution in [1.29, 1.82) is 0 Å². The smallest absolute Gasteiger partial charge is 0.295 e. The van der Waals surface area contributed by atoms with Crippen LogP contribution in [-0.4, -0.2) is 45.6 Å². The molecule has 0 spiro atoms. The number of nitrogens with one attached hydrogen (secondary N) is 1. The molecule has 0 atom stereocenters. The van der Waals surface area contributed by atoms with Crippen molar-refractivity contribution in [3.63, 3.8) is 0 Å². The zero-order valence-corrected chi connectivity index (χ0v) is 14.0. The Kier molecular flexibility index (Phi) is 4.23. The van der Waals surface area contributed by atoms with Crippen LogP contribution in [0.2, 0.25) is 0 Å². The number of hydrogen-bond acceptors (Lipinski definition) is 5. The highest BCUT2D eigenvalue weighted by Gasteiger charge is 2.24. The molecular formula is C18H21N5O2. The van der Waals surface area contributed by atoms with Crippen molar-refractivity contribution in [2.45, 2.75) is 25.7 Å². The van der Waals surface area contributed by atoms with Crippen LogP contribution >= 0.6 is 0 Å². The third-order valence-corrected chi connectivity index (χ3v) is 4.65. The first-order chi connectivity index (χ1) is 12.2. The normalized spacial score (nSPS) is 14.5. The topological polar surface area (TPSA) is 101 Å². The van der Waals surface area contributed by atoms with Gasteiger partial charge in [-0.1, -0.05) is 11.2 Å². The van der Waals surface area contributed by atoms with Gasteiger partial charge in [-0.15, -0.1) is 0 Å². The molecule has 3 heterocycles. The molecule has 2 aromatic heterocycles. The van der Waals surface area contributed by atoms with Gasteiger partial charge in [-0.2, -0.15) is 4.98 Å². The molecule has 1 saturated heterocycles. The fraction of sp³-hybridized carbons (Fsp3) is 0.389. The molecular weight excluding hydrogens is 318 g/mol. The zero-order chi connectivity index (χ0) is 17.2. The first-order valence-electron chi connectivity index (χ1n) is 8.65. The average Bonchev–Trinajstić information content (AvgIpc) is 3.36.